The zero-order valence-electron chi connectivity index (χ0n) is 23.4. The van der Waals surface area contributed by atoms with Crippen molar-refractivity contribution >= 4 is 28.3 Å². The van der Waals surface area contributed by atoms with Crippen LogP contribution >= 0.6 is 11.3 Å². The smallest absolute Gasteiger partial charge is 0.416 e. The molecule has 9 nitrogen and oxygen atoms in total. The minimum atomic E-state index is -4.67. The number of alkyl halides is 3. The summed E-state index contributed by atoms with van der Waals surface area (Å²) in [6.07, 6.45) is 0.751. The fourth-order valence-electron chi connectivity index (χ4n) is 5.52. The Morgan fingerprint density at radius 1 is 1.12 bits per heavy atom. The van der Waals surface area contributed by atoms with Crippen molar-refractivity contribution in [2.24, 2.45) is 0 Å². The van der Waals surface area contributed by atoms with Crippen LogP contribution < -0.4 is 10.2 Å². The lowest BCUT2D eigenvalue weighted by Crippen LogP contribution is -2.53. The van der Waals surface area contributed by atoms with Gasteiger partial charge in [0.05, 0.1) is 42.4 Å². The molecule has 226 valence electrons. The molecule has 5 rings (SSSR count). The maximum absolute atomic E-state index is 14.3. The number of carboxylic acid groups (broad SMARTS) is 1. The summed E-state index contributed by atoms with van der Waals surface area (Å²) in [6.45, 7) is 7.69. The molecule has 1 aromatic carbocycles. The number of nitrogens with zero attached hydrogens (tertiary/aromatic N) is 6. The van der Waals surface area contributed by atoms with Gasteiger partial charge in [0, 0.05) is 48.7 Å². The highest BCUT2D eigenvalue weighted by Crippen LogP contribution is 2.38. The molecule has 0 aliphatic carbocycles. The molecule has 0 saturated carbocycles. The SMILES string of the molecule is C[C@@H]1CCCN1Cc1sc(NCc2cnc(N3CCN(CC(=O)O)C[C@H]3C)cn2)nc1-c1cc(F)cc(C(F)(F)F)c1. The van der Waals surface area contributed by atoms with Crippen LogP contribution in [-0.2, 0) is 24.1 Å². The number of nitrogens with one attached hydrogen (secondary N) is 1. The van der Waals surface area contributed by atoms with E-state index < -0.39 is 23.5 Å². The van der Waals surface area contributed by atoms with Crippen molar-refractivity contribution in [3.8, 4) is 11.3 Å². The number of rotatable bonds is 9. The second-order valence-corrected chi connectivity index (χ2v) is 12.0. The van der Waals surface area contributed by atoms with E-state index in [-0.39, 0.29) is 18.2 Å². The number of halogens is 4. The summed E-state index contributed by atoms with van der Waals surface area (Å²) in [4.78, 5) is 31.7. The Kier molecular flexibility index (Phi) is 8.94. The molecule has 2 N–H and O–H groups in total. The molecule has 42 heavy (non-hydrogen) atoms. The van der Waals surface area contributed by atoms with Gasteiger partial charge in [-0.2, -0.15) is 13.2 Å². The van der Waals surface area contributed by atoms with Crippen molar-refractivity contribution in [3.63, 3.8) is 0 Å². The van der Waals surface area contributed by atoms with Gasteiger partial charge in [-0.3, -0.25) is 19.6 Å². The number of carbonyl (C=O) groups is 1. The summed E-state index contributed by atoms with van der Waals surface area (Å²) in [5, 5.41) is 12.8. The van der Waals surface area contributed by atoms with Crippen molar-refractivity contribution in [2.75, 3.05) is 42.9 Å². The van der Waals surface area contributed by atoms with E-state index in [0.29, 0.717) is 67.2 Å². The first-order valence-corrected chi connectivity index (χ1v) is 14.7. The van der Waals surface area contributed by atoms with Gasteiger partial charge in [-0.25, -0.2) is 14.4 Å². The van der Waals surface area contributed by atoms with Crippen LogP contribution in [0.15, 0.2) is 30.6 Å². The Labute approximate surface area is 245 Å². The third kappa shape index (κ3) is 7.16. The topological polar surface area (TPSA) is 97.7 Å². The van der Waals surface area contributed by atoms with Gasteiger partial charge in [0.25, 0.3) is 0 Å². The Bertz CT molecular complexity index is 1400. The third-order valence-corrected chi connectivity index (χ3v) is 8.71. The second-order valence-electron chi connectivity index (χ2n) is 10.9. The minimum absolute atomic E-state index is 0.00834. The van der Waals surface area contributed by atoms with Gasteiger partial charge in [0.1, 0.15) is 11.6 Å². The molecule has 4 heterocycles. The Hall–Kier alpha value is -3.36. The largest absolute Gasteiger partial charge is 0.480 e. The first kappa shape index (κ1) is 30.1. The van der Waals surface area contributed by atoms with Gasteiger partial charge in [-0.05, 0) is 51.4 Å². The Balaban J connectivity index is 1.31. The second kappa shape index (κ2) is 12.5. The molecule has 0 unspecified atom stereocenters. The molecule has 2 aromatic heterocycles. The van der Waals surface area contributed by atoms with Crippen molar-refractivity contribution < 1.29 is 27.5 Å². The number of thiazole rings is 1. The Morgan fingerprint density at radius 2 is 1.93 bits per heavy atom. The molecule has 0 spiro atoms. The average molecular weight is 608 g/mol. The molecule has 2 fully saturated rings. The standard InChI is InChI=1S/C28H33F4N7O2S/c1-17-4-3-5-38(17)15-23-26(19-8-20(28(30,31)32)10-21(29)9-19)36-27(42-23)35-12-22-11-34-24(13-33-22)39-7-6-37(14-18(39)2)16-25(40)41/h8-11,13,17-18H,3-7,12,14-16H2,1-2H3,(H,35,36)(H,40,41)/t17-,18-/m1/s1. The number of aliphatic carboxylic acids is 1. The van der Waals surface area contributed by atoms with Crippen molar-refractivity contribution in [3.05, 3.63) is 52.5 Å². The van der Waals surface area contributed by atoms with Crippen LogP contribution in [0.4, 0.5) is 28.5 Å². The van der Waals surface area contributed by atoms with E-state index in [1.165, 1.54) is 11.3 Å². The highest BCUT2D eigenvalue weighted by Gasteiger charge is 2.32. The molecule has 0 amide bonds. The van der Waals surface area contributed by atoms with Gasteiger partial charge in [0.15, 0.2) is 5.13 Å². The zero-order valence-corrected chi connectivity index (χ0v) is 24.2. The lowest BCUT2D eigenvalue weighted by molar-refractivity contribution is -0.139. The van der Waals surface area contributed by atoms with Crippen molar-refractivity contribution in [1.82, 2.24) is 24.8 Å². The molecule has 0 bridgehead atoms. The summed E-state index contributed by atoms with van der Waals surface area (Å²) in [6, 6.07) is 2.95. The molecule has 2 atom stereocenters. The maximum Gasteiger partial charge on any atom is 0.416 e. The van der Waals surface area contributed by atoms with Crippen LogP contribution in [0.3, 0.4) is 0 Å². The minimum Gasteiger partial charge on any atom is -0.480 e. The van der Waals surface area contributed by atoms with E-state index in [0.717, 1.165) is 36.4 Å². The van der Waals surface area contributed by atoms with Crippen LogP contribution in [0.25, 0.3) is 11.3 Å². The van der Waals surface area contributed by atoms with Gasteiger partial charge in [0.2, 0.25) is 0 Å². The summed E-state index contributed by atoms with van der Waals surface area (Å²) < 4.78 is 54.6. The number of hydrogen-bond acceptors (Lipinski definition) is 9. The lowest BCUT2D eigenvalue weighted by Gasteiger charge is -2.39. The van der Waals surface area contributed by atoms with Crippen LogP contribution in [0.5, 0.6) is 0 Å². The number of benzene rings is 1. The quantitative estimate of drug-likeness (QED) is 0.328. The van der Waals surface area contributed by atoms with Crippen LogP contribution in [0, 0.1) is 5.82 Å². The summed E-state index contributed by atoms with van der Waals surface area (Å²) in [7, 11) is 0. The number of likely N-dealkylation sites (tertiary alicyclic amines) is 1. The molecular weight excluding hydrogens is 574 g/mol. The third-order valence-electron chi connectivity index (χ3n) is 7.71. The lowest BCUT2D eigenvalue weighted by atomic mass is 10.1. The van der Waals surface area contributed by atoms with Crippen LogP contribution in [0.1, 0.15) is 42.8 Å². The van der Waals surface area contributed by atoms with Gasteiger partial charge in [-0.1, -0.05) is 0 Å². The maximum atomic E-state index is 14.3. The number of anilines is 2. The Morgan fingerprint density at radius 3 is 2.57 bits per heavy atom. The first-order valence-electron chi connectivity index (χ1n) is 13.8. The monoisotopic (exact) mass is 607 g/mol. The first-order chi connectivity index (χ1) is 20.0. The van der Waals surface area contributed by atoms with E-state index in [1.807, 2.05) is 11.8 Å². The zero-order chi connectivity index (χ0) is 30.0. The highest BCUT2D eigenvalue weighted by atomic mass is 32.1. The van der Waals surface area contributed by atoms with Gasteiger partial charge < -0.3 is 15.3 Å². The molecule has 3 aromatic rings. The van der Waals surface area contributed by atoms with Crippen LogP contribution in [0.2, 0.25) is 0 Å². The number of piperazine rings is 1. The van der Waals surface area contributed by atoms with Gasteiger partial charge in [-0.15, -0.1) is 11.3 Å². The summed E-state index contributed by atoms with van der Waals surface area (Å²) in [5.74, 6) is -1.11. The number of aromatic nitrogens is 3. The normalized spacial score (nSPS) is 20.3. The van der Waals surface area contributed by atoms with Crippen molar-refractivity contribution in [2.45, 2.75) is 58.0 Å². The fraction of sp³-hybridized carbons (Fsp3) is 0.500. The summed E-state index contributed by atoms with van der Waals surface area (Å²) >= 11 is 1.34. The van der Waals surface area contributed by atoms with E-state index in [9.17, 15) is 22.4 Å². The molecule has 14 heteroatoms. The number of hydrogen-bond donors (Lipinski definition) is 2. The van der Waals surface area contributed by atoms with E-state index in [2.05, 4.69) is 37.0 Å². The predicted molar refractivity (Wildman–Crippen MR) is 152 cm³/mol. The van der Waals surface area contributed by atoms with E-state index in [4.69, 9.17) is 5.11 Å². The summed E-state index contributed by atoms with van der Waals surface area (Å²) in [5.41, 5.74) is 0.0280. The van der Waals surface area contributed by atoms with Crippen molar-refractivity contribution in [1.29, 1.82) is 0 Å². The average Bonchev–Trinajstić information content (AvgIpc) is 3.52. The molecule has 2 aliphatic rings. The number of carboxylic acids is 1. The molecule has 2 aliphatic heterocycles. The molecule has 0 radical (unpaired) electrons. The molecular formula is C28H33F4N7O2S. The van der Waals surface area contributed by atoms with Crippen LogP contribution in [-0.4, -0.2) is 80.6 Å². The van der Waals surface area contributed by atoms with Gasteiger partial charge >= 0.3 is 12.1 Å². The van der Waals surface area contributed by atoms with E-state index >= 15 is 0 Å². The highest BCUT2D eigenvalue weighted by molar-refractivity contribution is 7.16. The molecule has 2 saturated heterocycles. The van der Waals surface area contributed by atoms with E-state index in [1.54, 1.807) is 12.4 Å². The fourth-order valence-corrected chi connectivity index (χ4v) is 6.53. The predicted octanol–water partition coefficient (Wildman–Crippen LogP) is 4.95.